The lowest BCUT2D eigenvalue weighted by molar-refractivity contribution is 0.0981. The molecule has 110 valence electrons. The van der Waals surface area contributed by atoms with Gasteiger partial charge in [0.25, 0.3) is 0 Å². The van der Waals surface area contributed by atoms with Crippen LogP contribution in [0.25, 0.3) is 11.4 Å². The molecule has 0 aliphatic carbocycles. The molecule has 7 nitrogen and oxygen atoms in total. The van der Waals surface area contributed by atoms with E-state index in [1.165, 1.54) is 7.11 Å². The number of benzene rings is 1. The molecule has 1 N–H and O–H groups in total. The van der Waals surface area contributed by atoms with Crippen molar-refractivity contribution in [3.05, 3.63) is 54.6 Å². The standard InChI is InChI=1S/C15H12N4O3/c1-21-12-8-7-10(9-16-12)13-18-15(22-19-13)14(20)17-11-5-3-2-4-6-11/h2-9H,1H3,(H,17,20). The molecule has 3 rings (SSSR count). The van der Waals surface area contributed by atoms with Crippen molar-refractivity contribution < 1.29 is 14.1 Å². The average Bonchev–Trinajstić information content (AvgIpc) is 3.06. The lowest BCUT2D eigenvalue weighted by atomic mass is 10.3. The molecule has 0 unspecified atom stereocenters. The molecule has 0 fully saturated rings. The summed E-state index contributed by atoms with van der Waals surface area (Å²) in [6, 6.07) is 12.4. The summed E-state index contributed by atoms with van der Waals surface area (Å²) in [4.78, 5) is 20.1. The van der Waals surface area contributed by atoms with Gasteiger partial charge in [-0.15, -0.1) is 0 Å². The van der Waals surface area contributed by atoms with E-state index in [0.717, 1.165) is 0 Å². The van der Waals surface area contributed by atoms with E-state index >= 15 is 0 Å². The van der Waals surface area contributed by atoms with Crippen LogP contribution in [-0.2, 0) is 0 Å². The summed E-state index contributed by atoms with van der Waals surface area (Å²) in [5.41, 5.74) is 1.28. The number of para-hydroxylation sites is 1. The number of nitrogens with one attached hydrogen (secondary N) is 1. The zero-order chi connectivity index (χ0) is 15.4. The molecule has 0 spiro atoms. The van der Waals surface area contributed by atoms with Gasteiger partial charge in [0.05, 0.1) is 7.11 Å². The van der Waals surface area contributed by atoms with Gasteiger partial charge in [0.15, 0.2) is 0 Å². The monoisotopic (exact) mass is 296 g/mol. The Hall–Kier alpha value is -3.22. The van der Waals surface area contributed by atoms with Crippen molar-refractivity contribution in [2.24, 2.45) is 0 Å². The third kappa shape index (κ3) is 2.93. The van der Waals surface area contributed by atoms with Gasteiger partial charge in [-0.05, 0) is 18.2 Å². The topological polar surface area (TPSA) is 90.1 Å². The first-order chi connectivity index (χ1) is 10.8. The van der Waals surface area contributed by atoms with E-state index in [4.69, 9.17) is 9.26 Å². The smallest absolute Gasteiger partial charge is 0.316 e. The quantitative estimate of drug-likeness (QED) is 0.795. The molecule has 2 heterocycles. The van der Waals surface area contributed by atoms with Crippen LogP contribution in [0.1, 0.15) is 10.7 Å². The van der Waals surface area contributed by atoms with Crippen molar-refractivity contribution in [3.8, 4) is 17.3 Å². The molecular formula is C15H12N4O3. The molecule has 3 aromatic rings. The molecule has 0 saturated carbocycles. The molecule has 0 aliphatic rings. The maximum Gasteiger partial charge on any atom is 0.316 e. The zero-order valence-electron chi connectivity index (χ0n) is 11.7. The fraction of sp³-hybridized carbons (Fsp3) is 0.0667. The highest BCUT2D eigenvalue weighted by Crippen LogP contribution is 2.17. The van der Waals surface area contributed by atoms with Gasteiger partial charge in [-0.1, -0.05) is 23.4 Å². The van der Waals surface area contributed by atoms with E-state index < -0.39 is 5.91 Å². The largest absolute Gasteiger partial charge is 0.481 e. The van der Waals surface area contributed by atoms with Crippen LogP contribution in [-0.4, -0.2) is 28.1 Å². The minimum absolute atomic E-state index is 0.116. The SMILES string of the molecule is COc1ccc(-c2noc(C(=O)Nc3ccccc3)n2)cn1. The fourth-order valence-corrected chi connectivity index (χ4v) is 1.77. The van der Waals surface area contributed by atoms with Crippen LogP contribution >= 0.6 is 0 Å². The molecular weight excluding hydrogens is 284 g/mol. The molecule has 0 atom stereocenters. The van der Waals surface area contributed by atoms with Gasteiger partial charge < -0.3 is 14.6 Å². The van der Waals surface area contributed by atoms with Gasteiger partial charge in [0.2, 0.25) is 11.7 Å². The summed E-state index contributed by atoms with van der Waals surface area (Å²) in [5, 5.41) is 6.45. The Morgan fingerprint density at radius 2 is 2.00 bits per heavy atom. The highest BCUT2D eigenvalue weighted by Gasteiger charge is 2.16. The Morgan fingerprint density at radius 1 is 1.18 bits per heavy atom. The molecule has 2 aromatic heterocycles. The van der Waals surface area contributed by atoms with Gasteiger partial charge in [0, 0.05) is 23.5 Å². The summed E-state index contributed by atoms with van der Waals surface area (Å²) in [6.07, 6.45) is 1.54. The highest BCUT2D eigenvalue weighted by molar-refractivity contribution is 6.01. The van der Waals surface area contributed by atoms with Crippen molar-refractivity contribution in [2.45, 2.75) is 0 Å². The number of anilines is 1. The number of pyridine rings is 1. The second-order valence-electron chi connectivity index (χ2n) is 4.33. The second-order valence-corrected chi connectivity index (χ2v) is 4.33. The van der Waals surface area contributed by atoms with Gasteiger partial charge in [0.1, 0.15) is 0 Å². The number of amides is 1. The molecule has 0 aliphatic heterocycles. The van der Waals surface area contributed by atoms with Crippen LogP contribution < -0.4 is 10.1 Å². The van der Waals surface area contributed by atoms with Crippen LogP contribution in [0.2, 0.25) is 0 Å². The number of hydrogen-bond acceptors (Lipinski definition) is 6. The first-order valence-electron chi connectivity index (χ1n) is 6.47. The lowest BCUT2D eigenvalue weighted by Gasteiger charge is -2.00. The Labute approximate surface area is 126 Å². The molecule has 1 amide bonds. The maximum absolute atomic E-state index is 12.0. The highest BCUT2D eigenvalue weighted by atomic mass is 16.5. The second kappa shape index (κ2) is 6.04. The third-order valence-corrected chi connectivity index (χ3v) is 2.86. The van der Waals surface area contributed by atoms with Crippen LogP contribution in [0.4, 0.5) is 5.69 Å². The minimum Gasteiger partial charge on any atom is -0.481 e. The van der Waals surface area contributed by atoms with Crippen LogP contribution in [0.5, 0.6) is 5.88 Å². The predicted molar refractivity (Wildman–Crippen MR) is 78.5 cm³/mol. The number of methoxy groups -OCH3 is 1. The molecule has 7 heteroatoms. The van der Waals surface area contributed by atoms with Crippen LogP contribution in [0.3, 0.4) is 0 Å². The first-order valence-corrected chi connectivity index (χ1v) is 6.47. The Kier molecular flexibility index (Phi) is 3.78. The van der Waals surface area contributed by atoms with Gasteiger partial charge in [-0.2, -0.15) is 4.98 Å². The maximum atomic E-state index is 12.0. The summed E-state index contributed by atoms with van der Waals surface area (Å²) >= 11 is 0. The normalized spacial score (nSPS) is 10.2. The number of carbonyl (C=O) groups is 1. The lowest BCUT2D eigenvalue weighted by Crippen LogP contribution is -2.12. The van der Waals surface area contributed by atoms with Crippen molar-refractivity contribution in [3.63, 3.8) is 0 Å². The number of aromatic nitrogens is 3. The van der Waals surface area contributed by atoms with Gasteiger partial charge in [-0.25, -0.2) is 4.98 Å². The van der Waals surface area contributed by atoms with Crippen molar-refractivity contribution in [1.82, 2.24) is 15.1 Å². The number of hydrogen-bond donors (Lipinski definition) is 1. The number of rotatable bonds is 4. The van der Waals surface area contributed by atoms with Crippen molar-refractivity contribution in [1.29, 1.82) is 0 Å². The van der Waals surface area contributed by atoms with Crippen molar-refractivity contribution in [2.75, 3.05) is 12.4 Å². The Balaban J connectivity index is 1.76. The molecule has 0 bridgehead atoms. The minimum atomic E-state index is -0.466. The average molecular weight is 296 g/mol. The summed E-state index contributed by atoms with van der Waals surface area (Å²) in [6.45, 7) is 0. The third-order valence-electron chi connectivity index (χ3n) is 2.86. The summed E-state index contributed by atoms with van der Waals surface area (Å²) < 4.78 is 9.95. The van der Waals surface area contributed by atoms with E-state index in [1.54, 1.807) is 30.5 Å². The fourth-order valence-electron chi connectivity index (χ4n) is 1.77. The molecule has 0 radical (unpaired) electrons. The van der Waals surface area contributed by atoms with Gasteiger partial charge >= 0.3 is 11.8 Å². The Morgan fingerprint density at radius 3 is 2.68 bits per heavy atom. The van der Waals surface area contributed by atoms with Crippen LogP contribution in [0.15, 0.2) is 53.2 Å². The van der Waals surface area contributed by atoms with Crippen LogP contribution in [0, 0.1) is 0 Å². The summed E-state index contributed by atoms with van der Waals surface area (Å²) in [7, 11) is 1.53. The van der Waals surface area contributed by atoms with E-state index in [2.05, 4.69) is 20.4 Å². The zero-order valence-corrected chi connectivity index (χ0v) is 11.7. The van der Waals surface area contributed by atoms with E-state index in [-0.39, 0.29) is 11.7 Å². The van der Waals surface area contributed by atoms with Gasteiger partial charge in [-0.3, -0.25) is 4.79 Å². The predicted octanol–water partition coefficient (Wildman–Crippen LogP) is 2.39. The summed E-state index contributed by atoms with van der Waals surface area (Å²) in [5.74, 6) is 0.184. The number of carbonyl (C=O) groups excluding carboxylic acids is 1. The number of ether oxygens (including phenoxy) is 1. The first kappa shape index (κ1) is 13.7. The number of nitrogens with zero attached hydrogens (tertiary/aromatic N) is 3. The Bertz CT molecular complexity index is 769. The van der Waals surface area contributed by atoms with Crippen molar-refractivity contribution >= 4 is 11.6 Å². The van der Waals surface area contributed by atoms with E-state index in [0.29, 0.717) is 17.1 Å². The molecule has 22 heavy (non-hydrogen) atoms. The molecule has 0 saturated heterocycles. The van der Waals surface area contributed by atoms with E-state index in [1.807, 2.05) is 18.2 Å². The van der Waals surface area contributed by atoms with E-state index in [9.17, 15) is 4.79 Å². The molecule has 1 aromatic carbocycles.